The van der Waals surface area contributed by atoms with Crippen LogP contribution in [0.5, 0.6) is 0 Å². The normalized spacial score (nSPS) is 24.3. The molecule has 1 atom stereocenters. The maximum Gasteiger partial charge on any atom is 0.0596 e. The number of nitrogens with zero attached hydrogens (tertiary/aromatic N) is 1. The van der Waals surface area contributed by atoms with Crippen LogP contribution in [-0.4, -0.2) is 12.8 Å². The minimum atomic E-state index is 0.490. The molecule has 0 N–H and O–H groups in total. The highest BCUT2D eigenvalue weighted by molar-refractivity contribution is 5.63. The van der Waals surface area contributed by atoms with E-state index >= 15 is 0 Å². The Morgan fingerprint density at radius 2 is 2.08 bits per heavy atom. The molecule has 12 heavy (non-hydrogen) atoms. The van der Waals surface area contributed by atoms with E-state index in [2.05, 4.69) is 37.1 Å². The fourth-order valence-electron chi connectivity index (χ4n) is 0.860. The molecule has 68 valence electrons. The van der Waals surface area contributed by atoms with Gasteiger partial charge in [0.1, 0.15) is 0 Å². The van der Waals surface area contributed by atoms with Crippen molar-refractivity contribution < 1.29 is 0 Å². The zero-order valence-corrected chi connectivity index (χ0v) is 8.54. The van der Waals surface area contributed by atoms with Crippen molar-refractivity contribution in [2.45, 2.75) is 27.7 Å². The van der Waals surface area contributed by atoms with Gasteiger partial charge in [0, 0.05) is 12.1 Å². The van der Waals surface area contributed by atoms with Crippen LogP contribution in [0.15, 0.2) is 28.8 Å². The Kier molecular flexibility index (Phi) is 6.35. The molecule has 0 saturated heterocycles. The molecular weight excluding hydrogens is 146 g/mol. The summed E-state index contributed by atoms with van der Waals surface area (Å²) < 4.78 is 0. The van der Waals surface area contributed by atoms with Crippen molar-refractivity contribution in [1.29, 1.82) is 0 Å². The molecular formula is C11H19N. The molecule has 1 unspecified atom stereocenters. The van der Waals surface area contributed by atoms with Crippen molar-refractivity contribution in [1.82, 2.24) is 0 Å². The van der Waals surface area contributed by atoms with E-state index < -0.39 is 0 Å². The van der Waals surface area contributed by atoms with Crippen molar-refractivity contribution in [3.63, 3.8) is 0 Å². The number of aliphatic imine (C=N–C) groups is 1. The smallest absolute Gasteiger partial charge is 0.0596 e. The van der Waals surface area contributed by atoms with Crippen LogP contribution < -0.4 is 0 Å². The summed E-state index contributed by atoms with van der Waals surface area (Å²) >= 11 is 0. The second-order valence-corrected chi connectivity index (χ2v) is 2.75. The second-order valence-electron chi connectivity index (χ2n) is 2.75. The van der Waals surface area contributed by atoms with Crippen LogP contribution in [0.3, 0.4) is 0 Å². The van der Waals surface area contributed by atoms with Gasteiger partial charge >= 0.3 is 0 Å². The van der Waals surface area contributed by atoms with E-state index in [0.29, 0.717) is 5.92 Å². The fraction of sp³-hybridized carbons (Fsp3) is 0.545. The lowest BCUT2D eigenvalue weighted by Crippen LogP contribution is -1.94. The molecule has 0 bridgehead atoms. The quantitative estimate of drug-likeness (QED) is 0.522. The Balaban J connectivity index is 0.000000561. The summed E-state index contributed by atoms with van der Waals surface area (Å²) in [5.41, 5.74) is 1.32. The molecule has 0 aromatic carbocycles. The number of allylic oxidation sites excluding steroid dienone is 3. The van der Waals surface area contributed by atoms with Crippen LogP contribution in [0.1, 0.15) is 27.7 Å². The van der Waals surface area contributed by atoms with Crippen LogP contribution in [0, 0.1) is 5.92 Å². The standard InChI is InChI=1S/C9H13N.C2H6/c1-8-4-3-5-9(2)7-10-6-8;1-2/h3-6,8H,7H2,1-2H3;1-2H3/b4-3-,9-5?,10-6?;. The fourth-order valence-corrected chi connectivity index (χ4v) is 0.860. The average Bonchev–Trinajstić information content (AvgIpc) is 2.05. The minimum absolute atomic E-state index is 0.490. The van der Waals surface area contributed by atoms with E-state index in [-0.39, 0.29) is 0 Å². The van der Waals surface area contributed by atoms with Gasteiger partial charge in [-0.05, 0) is 6.92 Å². The zero-order valence-electron chi connectivity index (χ0n) is 8.54. The Morgan fingerprint density at radius 1 is 1.42 bits per heavy atom. The minimum Gasteiger partial charge on any atom is -0.293 e. The Labute approximate surface area is 75.9 Å². The average molecular weight is 165 g/mol. The highest BCUT2D eigenvalue weighted by Gasteiger charge is 1.92. The lowest BCUT2D eigenvalue weighted by atomic mass is 10.1. The molecule has 0 spiro atoms. The van der Waals surface area contributed by atoms with Gasteiger partial charge in [-0.3, -0.25) is 4.99 Å². The molecule has 0 aliphatic carbocycles. The molecule has 0 fully saturated rings. The van der Waals surface area contributed by atoms with Crippen LogP contribution in [0.2, 0.25) is 0 Å². The predicted molar refractivity (Wildman–Crippen MR) is 56.8 cm³/mol. The van der Waals surface area contributed by atoms with Crippen molar-refractivity contribution >= 4 is 6.21 Å². The van der Waals surface area contributed by atoms with Gasteiger partial charge in [0.05, 0.1) is 6.54 Å². The van der Waals surface area contributed by atoms with Crippen LogP contribution in [0.4, 0.5) is 0 Å². The molecule has 1 aliphatic rings. The monoisotopic (exact) mass is 165 g/mol. The third kappa shape index (κ3) is 4.89. The van der Waals surface area contributed by atoms with Crippen LogP contribution in [0.25, 0.3) is 0 Å². The van der Waals surface area contributed by atoms with Crippen LogP contribution in [-0.2, 0) is 0 Å². The van der Waals surface area contributed by atoms with E-state index in [9.17, 15) is 0 Å². The number of hydrogen-bond donors (Lipinski definition) is 0. The molecule has 1 aliphatic heterocycles. The third-order valence-electron chi connectivity index (χ3n) is 1.48. The lowest BCUT2D eigenvalue weighted by Gasteiger charge is -2.00. The molecule has 1 rings (SSSR count). The molecule has 0 aromatic heterocycles. The first kappa shape index (κ1) is 11.2. The highest BCUT2D eigenvalue weighted by atomic mass is 14.7. The largest absolute Gasteiger partial charge is 0.293 e. The van der Waals surface area contributed by atoms with E-state index in [1.165, 1.54) is 5.57 Å². The first-order valence-electron chi connectivity index (χ1n) is 4.63. The summed E-state index contributed by atoms with van der Waals surface area (Å²) in [6, 6.07) is 0. The Bertz CT molecular complexity index is 187. The van der Waals surface area contributed by atoms with Crippen molar-refractivity contribution in [2.24, 2.45) is 10.9 Å². The lowest BCUT2D eigenvalue weighted by molar-refractivity contribution is 0.993. The number of rotatable bonds is 0. The van der Waals surface area contributed by atoms with Gasteiger partial charge in [0.2, 0.25) is 0 Å². The maximum atomic E-state index is 4.25. The summed E-state index contributed by atoms with van der Waals surface area (Å²) in [4.78, 5) is 4.25. The van der Waals surface area contributed by atoms with Gasteiger partial charge in [-0.1, -0.05) is 44.6 Å². The Morgan fingerprint density at radius 3 is 2.75 bits per heavy atom. The van der Waals surface area contributed by atoms with E-state index in [0.717, 1.165) is 6.54 Å². The summed E-state index contributed by atoms with van der Waals surface area (Å²) in [6.45, 7) is 9.08. The highest BCUT2D eigenvalue weighted by Crippen LogP contribution is 2.01. The molecule has 0 aromatic rings. The topological polar surface area (TPSA) is 12.4 Å². The first-order valence-corrected chi connectivity index (χ1v) is 4.63. The third-order valence-corrected chi connectivity index (χ3v) is 1.48. The molecule has 1 nitrogen and oxygen atoms in total. The van der Waals surface area contributed by atoms with E-state index in [4.69, 9.17) is 0 Å². The zero-order chi connectivity index (χ0) is 9.40. The van der Waals surface area contributed by atoms with Crippen molar-refractivity contribution in [2.75, 3.05) is 6.54 Å². The van der Waals surface area contributed by atoms with Gasteiger partial charge < -0.3 is 0 Å². The molecule has 1 heteroatoms. The maximum absolute atomic E-state index is 4.25. The number of hydrogen-bond acceptors (Lipinski definition) is 1. The molecule has 1 heterocycles. The van der Waals surface area contributed by atoms with Gasteiger partial charge in [-0.15, -0.1) is 0 Å². The van der Waals surface area contributed by atoms with Gasteiger partial charge in [0.15, 0.2) is 0 Å². The van der Waals surface area contributed by atoms with Gasteiger partial charge in [-0.25, -0.2) is 0 Å². The first-order chi connectivity index (χ1) is 5.79. The summed E-state index contributed by atoms with van der Waals surface area (Å²) in [7, 11) is 0. The molecule has 0 radical (unpaired) electrons. The SMILES string of the molecule is CC.CC1=C/C=C\C(C)C=NC1. The van der Waals surface area contributed by atoms with Gasteiger partial charge in [-0.2, -0.15) is 0 Å². The van der Waals surface area contributed by atoms with E-state index in [1.54, 1.807) is 0 Å². The summed E-state index contributed by atoms with van der Waals surface area (Å²) in [5.74, 6) is 0.490. The van der Waals surface area contributed by atoms with Crippen molar-refractivity contribution in [3.8, 4) is 0 Å². The predicted octanol–water partition coefficient (Wildman–Crippen LogP) is 3.24. The Hall–Kier alpha value is -0.850. The molecule has 0 amide bonds. The van der Waals surface area contributed by atoms with Crippen molar-refractivity contribution in [3.05, 3.63) is 23.8 Å². The second kappa shape index (κ2) is 6.84. The van der Waals surface area contributed by atoms with E-state index in [1.807, 2.05) is 20.1 Å². The summed E-state index contributed by atoms with van der Waals surface area (Å²) in [6.07, 6.45) is 8.36. The van der Waals surface area contributed by atoms with Crippen LogP contribution >= 0.6 is 0 Å². The summed E-state index contributed by atoms with van der Waals surface area (Å²) in [5, 5.41) is 0. The van der Waals surface area contributed by atoms with Gasteiger partial charge in [0.25, 0.3) is 0 Å². The molecule has 0 saturated carbocycles.